The molecular weight excluding hydrogens is 638 g/mol. The first kappa shape index (κ1) is 29.9. The maximum atomic E-state index is 13.9. The van der Waals surface area contributed by atoms with Crippen LogP contribution in [0.5, 0.6) is 5.75 Å². The van der Waals surface area contributed by atoms with E-state index in [-0.39, 0.29) is 43.2 Å². The zero-order valence-corrected chi connectivity index (χ0v) is 26.7. The highest BCUT2D eigenvalue weighted by atomic mass is 35.5. The number of hydrogen-bond donors (Lipinski definition) is 2. The Morgan fingerprint density at radius 3 is 2.84 bits per heavy atom. The predicted octanol–water partition coefficient (Wildman–Crippen LogP) is 4.40. The van der Waals surface area contributed by atoms with Gasteiger partial charge in [-0.25, -0.2) is 18.2 Å². The molecular formula is C31H30ClN5O6S2. The van der Waals surface area contributed by atoms with Gasteiger partial charge in [0.1, 0.15) is 16.4 Å². The first-order valence-corrected chi connectivity index (χ1v) is 17.3. The molecule has 0 aliphatic carbocycles. The third-order valence-corrected chi connectivity index (χ3v) is 11.4. The molecule has 2 N–H and O–H groups in total. The topological polar surface area (TPSA) is 138 Å². The monoisotopic (exact) mass is 667 g/mol. The summed E-state index contributed by atoms with van der Waals surface area (Å²) < 4.78 is 40.3. The van der Waals surface area contributed by atoms with E-state index in [1.54, 1.807) is 53.4 Å². The minimum Gasteiger partial charge on any atom is -0.493 e. The molecule has 3 aromatic heterocycles. The van der Waals surface area contributed by atoms with Crippen LogP contribution < -0.4 is 15.7 Å². The molecule has 2 unspecified atom stereocenters. The van der Waals surface area contributed by atoms with Crippen LogP contribution in [0, 0.1) is 0 Å². The minimum absolute atomic E-state index is 0.0708. The fraction of sp³-hybridized carbons (Fsp3) is 0.323. The molecule has 1 fully saturated rings. The van der Waals surface area contributed by atoms with Crippen molar-refractivity contribution in [3.8, 4) is 5.75 Å². The van der Waals surface area contributed by atoms with Crippen molar-refractivity contribution in [1.82, 2.24) is 24.5 Å². The van der Waals surface area contributed by atoms with Gasteiger partial charge in [-0.3, -0.25) is 4.79 Å². The van der Waals surface area contributed by atoms with Gasteiger partial charge in [-0.15, -0.1) is 11.3 Å². The Kier molecular flexibility index (Phi) is 7.90. The van der Waals surface area contributed by atoms with Crippen LogP contribution in [0.1, 0.15) is 33.7 Å². The van der Waals surface area contributed by atoms with E-state index in [0.717, 1.165) is 22.4 Å². The van der Waals surface area contributed by atoms with Gasteiger partial charge in [-0.05, 0) is 49.4 Å². The summed E-state index contributed by atoms with van der Waals surface area (Å²) in [5.74, 6) is 0.290. The number of carbonyl (C=O) groups is 1. The lowest BCUT2D eigenvalue weighted by atomic mass is 10.1. The van der Waals surface area contributed by atoms with Crippen LogP contribution in [0.4, 0.5) is 0 Å². The van der Waals surface area contributed by atoms with Gasteiger partial charge < -0.3 is 24.4 Å². The van der Waals surface area contributed by atoms with Gasteiger partial charge in [0, 0.05) is 89.4 Å². The van der Waals surface area contributed by atoms with Crippen molar-refractivity contribution < 1.29 is 22.4 Å². The van der Waals surface area contributed by atoms with E-state index in [9.17, 15) is 18.0 Å². The van der Waals surface area contributed by atoms with Crippen LogP contribution in [0.3, 0.4) is 0 Å². The van der Waals surface area contributed by atoms with Crippen LogP contribution in [0.25, 0.3) is 21.9 Å². The minimum atomic E-state index is -3.90. The van der Waals surface area contributed by atoms with Gasteiger partial charge in [0.05, 0.1) is 12.3 Å². The lowest BCUT2D eigenvalue weighted by Crippen LogP contribution is -2.56. The summed E-state index contributed by atoms with van der Waals surface area (Å²) in [5, 5.41) is 5.87. The summed E-state index contributed by atoms with van der Waals surface area (Å²) in [7, 11) is -3.90. The Bertz CT molecular complexity index is 2090. The second-order valence-corrected chi connectivity index (χ2v) is 14.8. The number of aromatic nitrogens is 2. The van der Waals surface area contributed by atoms with Crippen LogP contribution in [-0.2, 0) is 23.0 Å². The standard InChI is InChI=1S/C31H30ClN5O6S2/c1-18-12-25-27(16-33-18)44-30(35-25)31(39)37-10-9-36(45(40,41)28-14-20-13-21(32)4-6-24(20)34-28)17-22(37)8-11-42-23-5-2-19-3-7-29(38)43-26(19)15-23/h2-7,13-15,18,22,33-34H,8-12,16-17H2,1H3. The number of ether oxygens (including phenoxy) is 1. The molecule has 1 amide bonds. The van der Waals surface area contributed by atoms with Gasteiger partial charge >= 0.3 is 5.63 Å². The van der Waals surface area contributed by atoms with E-state index in [1.807, 2.05) is 0 Å². The summed E-state index contributed by atoms with van der Waals surface area (Å²) in [4.78, 5) is 36.0. The number of hydrogen-bond acceptors (Lipinski definition) is 9. The van der Waals surface area contributed by atoms with Crippen LogP contribution in [-0.4, -0.2) is 71.8 Å². The second-order valence-electron chi connectivity index (χ2n) is 11.3. The number of H-pyrrole nitrogens is 1. The molecule has 11 nitrogen and oxygen atoms in total. The van der Waals surface area contributed by atoms with Crippen LogP contribution >= 0.6 is 22.9 Å². The molecule has 7 rings (SSSR count). The number of piperazine rings is 1. The molecule has 45 heavy (non-hydrogen) atoms. The smallest absolute Gasteiger partial charge is 0.336 e. The number of fused-ring (bicyclic) bond motifs is 3. The second kappa shape index (κ2) is 11.9. The number of benzene rings is 2. The molecule has 2 aliphatic heterocycles. The Hall–Kier alpha value is -3.75. The van der Waals surface area contributed by atoms with Crippen molar-refractivity contribution in [2.45, 2.75) is 43.4 Å². The van der Waals surface area contributed by atoms with Crippen molar-refractivity contribution in [2.75, 3.05) is 26.2 Å². The number of carbonyl (C=O) groups excluding carboxylic acids is 1. The molecule has 2 aliphatic rings. The molecule has 234 valence electrons. The van der Waals surface area contributed by atoms with Gasteiger partial charge in [0.15, 0.2) is 5.01 Å². The molecule has 14 heteroatoms. The summed E-state index contributed by atoms with van der Waals surface area (Å²) in [6, 6.07) is 14.8. The van der Waals surface area contributed by atoms with Crippen molar-refractivity contribution >= 4 is 60.7 Å². The SMILES string of the molecule is CC1Cc2nc(C(=O)N3CCN(S(=O)(=O)c4cc5cc(Cl)ccc5[nH]4)CC3CCOc3ccc4ccc(=O)oc4c3)sc2CN1. The average Bonchev–Trinajstić information content (AvgIpc) is 3.65. The fourth-order valence-corrected chi connectivity index (χ4v) is 8.54. The van der Waals surface area contributed by atoms with Crippen LogP contribution in [0.2, 0.25) is 5.02 Å². The van der Waals surface area contributed by atoms with Gasteiger partial charge in [0.25, 0.3) is 15.9 Å². The highest BCUT2D eigenvalue weighted by molar-refractivity contribution is 7.89. The van der Waals surface area contributed by atoms with Crippen molar-refractivity contribution in [2.24, 2.45) is 0 Å². The highest BCUT2D eigenvalue weighted by Gasteiger charge is 2.38. The summed E-state index contributed by atoms with van der Waals surface area (Å²) in [6.07, 6.45) is 1.12. The Labute approximate surface area is 267 Å². The third kappa shape index (κ3) is 5.98. The largest absolute Gasteiger partial charge is 0.493 e. The van der Waals surface area contributed by atoms with Crippen molar-refractivity contribution in [3.63, 3.8) is 0 Å². The first-order valence-electron chi connectivity index (χ1n) is 14.6. The molecule has 1 saturated heterocycles. The molecule has 0 radical (unpaired) electrons. The lowest BCUT2D eigenvalue weighted by Gasteiger charge is -2.40. The normalized spacial score (nSPS) is 19.2. The maximum absolute atomic E-state index is 13.9. The molecule has 0 saturated carbocycles. The summed E-state index contributed by atoms with van der Waals surface area (Å²) in [6.45, 7) is 3.38. The quantitative estimate of drug-likeness (QED) is 0.244. The number of amides is 1. The first-order chi connectivity index (χ1) is 21.6. The van der Waals surface area contributed by atoms with E-state index in [2.05, 4.69) is 17.2 Å². The number of thiazole rings is 1. The van der Waals surface area contributed by atoms with Crippen molar-refractivity contribution in [1.29, 1.82) is 0 Å². The van der Waals surface area contributed by atoms with E-state index in [4.69, 9.17) is 25.7 Å². The molecule has 0 spiro atoms. The predicted molar refractivity (Wildman–Crippen MR) is 172 cm³/mol. The number of rotatable bonds is 7. The maximum Gasteiger partial charge on any atom is 0.336 e. The fourth-order valence-electron chi connectivity index (χ4n) is 5.88. The van der Waals surface area contributed by atoms with Gasteiger partial charge in [-0.2, -0.15) is 4.31 Å². The lowest BCUT2D eigenvalue weighted by molar-refractivity contribution is 0.0526. The Balaban J connectivity index is 1.13. The number of halogens is 1. The molecule has 0 bridgehead atoms. The number of sulfonamides is 1. The van der Waals surface area contributed by atoms with E-state index < -0.39 is 21.7 Å². The number of nitrogens with one attached hydrogen (secondary N) is 2. The zero-order chi connectivity index (χ0) is 31.3. The van der Waals surface area contributed by atoms with Crippen LogP contribution in [0.15, 0.2) is 68.8 Å². The van der Waals surface area contributed by atoms with E-state index in [1.165, 1.54) is 21.7 Å². The molecule has 5 aromatic rings. The summed E-state index contributed by atoms with van der Waals surface area (Å²) >= 11 is 7.52. The Morgan fingerprint density at radius 1 is 1.13 bits per heavy atom. The third-order valence-electron chi connectivity index (χ3n) is 8.27. The van der Waals surface area contributed by atoms with Gasteiger partial charge in [-0.1, -0.05) is 11.6 Å². The van der Waals surface area contributed by atoms with Crippen molar-refractivity contribution in [3.05, 3.63) is 85.6 Å². The zero-order valence-electron chi connectivity index (χ0n) is 24.3. The Morgan fingerprint density at radius 2 is 1.98 bits per heavy atom. The number of nitrogens with zero attached hydrogens (tertiary/aromatic N) is 3. The highest BCUT2D eigenvalue weighted by Crippen LogP contribution is 2.29. The molecule has 2 atom stereocenters. The number of aromatic amines is 1. The molecule has 2 aromatic carbocycles. The van der Waals surface area contributed by atoms with Gasteiger partial charge in [0.2, 0.25) is 0 Å². The summed E-state index contributed by atoms with van der Waals surface area (Å²) in [5.41, 5.74) is 1.56. The molecule has 5 heterocycles. The van der Waals surface area contributed by atoms with E-state index >= 15 is 0 Å². The average molecular weight is 668 g/mol. The van der Waals surface area contributed by atoms with E-state index in [0.29, 0.717) is 45.2 Å².